The molecule has 6 N–H and O–H groups in total. The number of ether oxygens (including phenoxy) is 2. The molecule has 0 bridgehead atoms. The lowest BCUT2D eigenvalue weighted by Crippen LogP contribution is -2.52. The van der Waals surface area contributed by atoms with E-state index in [0.29, 0.717) is 79.7 Å². The van der Waals surface area contributed by atoms with Gasteiger partial charge in [0.2, 0.25) is 17.8 Å². The number of benzene rings is 4. The second-order valence-electron chi connectivity index (χ2n) is 21.2. The Hall–Kier alpha value is -8.46. The molecule has 10 rings (SSSR count). The van der Waals surface area contributed by atoms with Crippen molar-refractivity contribution < 1.29 is 43.3 Å². The molecule has 0 spiro atoms. The Morgan fingerprint density at radius 3 is 1.29 bits per heavy atom. The summed E-state index contributed by atoms with van der Waals surface area (Å²) < 4.78 is 10.7. The molecule has 2 aromatic heterocycles. The van der Waals surface area contributed by atoms with Gasteiger partial charge in [-0.3, -0.25) is 19.2 Å². The number of hydrogen-bond donors (Lipinski definition) is 4. The summed E-state index contributed by atoms with van der Waals surface area (Å²) in [6, 6.07) is 26.3. The number of nitrogen functional groups attached to an aromatic ring is 2. The number of amides is 5. The van der Waals surface area contributed by atoms with Crippen LogP contribution >= 0.6 is 0 Å². The Labute approximate surface area is 446 Å². The number of nitrogens with zero attached hydrogens (tertiary/aromatic N) is 9. The first-order valence-corrected chi connectivity index (χ1v) is 25.6. The third-order valence-corrected chi connectivity index (χ3v) is 13.0. The van der Waals surface area contributed by atoms with Gasteiger partial charge in [-0.15, -0.1) is 0 Å². The summed E-state index contributed by atoms with van der Waals surface area (Å²) in [5, 5.41) is 13.3. The van der Waals surface area contributed by atoms with Gasteiger partial charge in [0, 0.05) is 89.3 Å². The average molecular weight is 1050 g/mol. The van der Waals surface area contributed by atoms with Crippen molar-refractivity contribution in [2.45, 2.75) is 91.8 Å². The predicted octanol–water partition coefficient (Wildman–Crippen LogP) is 5.81. The van der Waals surface area contributed by atoms with Crippen molar-refractivity contribution in [3.63, 3.8) is 0 Å². The van der Waals surface area contributed by atoms with Gasteiger partial charge in [0.25, 0.3) is 11.8 Å². The number of aromatic nitrogens is 4. The molecule has 4 aliphatic rings. The van der Waals surface area contributed by atoms with Gasteiger partial charge in [0.1, 0.15) is 22.6 Å². The fourth-order valence-corrected chi connectivity index (χ4v) is 9.29. The lowest BCUT2D eigenvalue weighted by molar-refractivity contribution is -0.136. The first kappa shape index (κ1) is 54.8. The lowest BCUT2D eigenvalue weighted by Gasteiger charge is -2.35. The minimum Gasteiger partial charge on any atom is -0.481 e. The molecule has 21 nitrogen and oxygen atoms in total. The van der Waals surface area contributed by atoms with E-state index in [4.69, 9.17) is 26.0 Å². The minimum atomic E-state index is -0.941. The highest BCUT2D eigenvalue weighted by Crippen LogP contribution is 2.29. The summed E-state index contributed by atoms with van der Waals surface area (Å²) >= 11 is 0. The van der Waals surface area contributed by atoms with Crippen LogP contribution in [0.2, 0.25) is 0 Å². The maximum atomic E-state index is 13.5. The molecule has 21 heteroatoms. The Bertz CT molecular complexity index is 3160. The van der Waals surface area contributed by atoms with Crippen LogP contribution in [0.4, 0.5) is 21.5 Å². The van der Waals surface area contributed by atoms with Gasteiger partial charge >= 0.3 is 18.2 Å². The van der Waals surface area contributed by atoms with Crippen LogP contribution in [0.25, 0.3) is 21.8 Å². The second-order valence-corrected chi connectivity index (χ2v) is 21.2. The van der Waals surface area contributed by atoms with Crippen molar-refractivity contribution in [2.24, 2.45) is 0 Å². The van der Waals surface area contributed by atoms with Crippen LogP contribution in [0.15, 0.2) is 84.9 Å². The number of fused-ring (bicyclic) bond motifs is 4. The molecule has 2 saturated heterocycles. The number of piperazine rings is 2. The van der Waals surface area contributed by atoms with Crippen LogP contribution in [-0.4, -0.2) is 149 Å². The molecule has 0 aliphatic carbocycles. The Balaban J connectivity index is 0.000000173. The topological polar surface area (TPSA) is 273 Å². The van der Waals surface area contributed by atoms with Gasteiger partial charge in [-0.2, -0.15) is 0 Å². The largest absolute Gasteiger partial charge is 0.481 e. The molecule has 77 heavy (non-hydrogen) atoms. The summed E-state index contributed by atoms with van der Waals surface area (Å²) in [7, 11) is 0. The van der Waals surface area contributed by atoms with E-state index in [9.17, 15) is 28.8 Å². The van der Waals surface area contributed by atoms with Gasteiger partial charge in [-0.05, 0) is 99.2 Å². The minimum absolute atomic E-state index is 0.0172. The van der Waals surface area contributed by atoms with Crippen molar-refractivity contribution in [3.8, 4) is 0 Å². The van der Waals surface area contributed by atoms with E-state index in [2.05, 4.69) is 25.3 Å². The molecule has 5 amide bonds. The van der Waals surface area contributed by atoms with Crippen LogP contribution < -0.4 is 16.8 Å². The zero-order valence-electron chi connectivity index (χ0n) is 44.4. The number of carboxylic acid groups (broad SMARTS) is 1. The molecule has 6 heterocycles. The number of aliphatic carboxylic acids is 1. The maximum absolute atomic E-state index is 13.5. The Morgan fingerprint density at radius 2 is 0.896 bits per heavy atom. The number of hydrogen-bond acceptors (Lipinski definition) is 15. The van der Waals surface area contributed by atoms with Crippen LogP contribution in [0.3, 0.4) is 0 Å². The number of anilines is 2. The quantitative estimate of drug-likeness (QED) is 0.153. The summed E-state index contributed by atoms with van der Waals surface area (Å²) in [6.07, 6.45) is -0.538. The third kappa shape index (κ3) is 14.1. The van der Waals surface area contributed by atoms with Crippen LogP contribution in [0, 0.1) is 0 Å². The van der Waals surface area contributed by atoms with Crippen molar-refractivity contribution in [1.29, 1.82) is 0 Å². The van der Waals surface area contributed by atoms with Crippen molar-refractivity contribution >= 4 is 69.6 Å². The number of rotatable bonds is 6. The van der Waals surface area contributed by atoms with Crippen molar-refractivity contribution in [3.05, 3.63) is 130 Å². The molecular weight excluding hydrogens is 985 g/mol. The molecule has 0 radical (unpaired) electrons. The van der Waals surface area contributed by atoms with Crippen LogP contribution in [-0.2, 0) is 58.1 Å². The number of nitrogens with one attached hydrogen (secondary N) is 1. The van der Waals surface area contributed by atoms with E-state index in [0.717, 1.165) is 54.0 Å². The first-order chi connectivity index (χ1) is 36.6. The molecular formula is C56H66N12O9. The zero-order valence-corrected chi connectivity index (χ0v) is 44.4. The lowest BCUT2D eigenvalue weighted by atomic mass is 10.1. The number of nitrogens with two attached hydrogens (primary N) is 2. The fraction of sp³-hybridized carbons (Fsp3) is 0.393. The van der Waals surface area contributed by atoms with E-state index in [1.54, 1.807) is 54.8 Å². The number of carbonyl (C=O) groups excluding carboxylic acids is 5. The number of carbonyl (C=O) groups is 6. The van der Waals surface area contributed by atoms with E-state index in [1.165, 1.54) is 0 Å². The molecule has 4 aliphatic heterocycles. The molecule has 2 fully saturated rings. The smallest absolute Gasteiger partial charge is 0.410 e. The van der Waals surface area contributed by atoms with Gasteiger partial charge < -0.3 is 55.9 Å². The van der Waals surface area contributed by atoms with E-state index in [-0.39, 0.29) is 71.6 Å². The standard InChI is InChI=1S/C28H32N6O4.C19H16N4O3.C9H18N2O2/c1-28(2,3)38-27(37)33-12-10-32(11-13-33)23(35)15-18-8-9-22-21(14-18)24(31-26(29)30-22)25(36)34-16-19-6-4-5-7-20(19)17-34;20-19-21-15-6-5-11(8-16(24)25)7-14(15)17(22-19)18(26)23-9-12-3-1-2-4-13(12)10-23;1-9(2,3)13-8(12)11-6-4-10-5-7-11/h4-9,14H,10-13,15-17H2,1-3H3,(H2,29,30,31);1-7H,8-10H2,(H,24,25)(H2,20,21,22);10H,4-7H2,1-3H3. The normalized spacial score (nSPS) is 15.2. The fourth-order valence-electron chi connectivity index (χ4n) is 9.29. The van der Waals surface area contributed by atoms with Gasteiger partial charge in [-0.25, -0.2) is 29.5 Å². The van der Waals surface area contributed by atoms with E-state index < -0.39 is 11.6 Å². The highest BCUT2D eigenvalue weighted by Gasteiger charge is 2.31. The molecule has 0 atom stereocenters. The van der Waals surface area contributed by atoms with Gasteiger partial charge in [0.05, 0.1) is 23.9 Å². The van der Waals surface area contributed by atoms with E-state index >= 15 is 0 Å². The maximum Gasteiger partial charge on any atom is 0.410 e. The summed E-state index contributed by atoms with van der Waals surface area (Å²) in [5.74, 6) is -1.40. The Morgan fingerprint density at radius 1 is 0.519 bits per heavy atom. The van der Waals surface area contributed by atoms with Crippen LogP contribution in [0.5, 0.6) is 0 Å². The van der Waals surface area contributed by atoms with Gasteiger partial charge in [0.15, 0.2) is 0 Å². The van der Waals surface area contributed by atoms with Crippen LogP contribution in [0.1, 0.15) is 95.9 Å². The highest BCUT2D eigenvalue weighted by molar-refractivity contribution is 6.06. The number of carboxylic acids is 1. The zero-order chi connectivity index (χ0) is 55.2. The summed E-state index contributed by atoms with van der Waals surface area (Å²) in [6.45, 7) is 18.1. The first-order valence-electron chi connectivity index (χ1n) is 25.6. The molecule has 4 aromatic carbocycles. The second kappa shape index (κ2) is 23.2. The molecule has 6 aromatic rings. The molecule has 404 valence electrons. The monoisotopic (exact) mass is 1050 g/mol. The Kier molecular flexibility index (Phi) is 16.5. The molecule has 0 unspecified atom stereocenters. The van der Waals surface area contributed by atoms with E-state index in [1.807, 2.05) is 96.1 Å². The van der Waals surface area contributed by atoms with Crippen molar-refractivity contribution in [2.75, 3.05) is 63.8 Å². The highest BCUT2D eigenvalue weighted by atomic mass is 16.6. The summed E-state index contributed by atoms with van der Waals surface area (Å²) in [5.41, 5.74) is 18.1. The SMILES string of the molecule is CC(C)(C)OC(=O)N1CCN(C(=O)Cc2ccc3nc(N)nc(C(=O)N4Cc5ccccc5C4)c3c2)CC1.CC(C)(C)OC(=O)N1CCNCC1.Nc1nc(C(=O)N2Cc3ccccc3C2)c2cc(CC(=O)O)ccc2n1. The third-order valence-electron chi connectivity index (χ3n) is 13.0. The summed E-state index contributed by atoms with van der Waals surface area (Å²) in [4.78, 5) is 99.9. The predicted molar refractivity (Wildman–Crippen MR) is 288 cm³/mol. The average Bonchev–Trinajstić information content (AvgIpc) is 4.06. The molecule has 0 saturated carbocycles. The van der Waals surface area contributed by atoms with Gasteiger partial charge in [-0.1, -0.05) is 60.7 Å². The van der Waals surface area contributed by atoms with Crippen molar-refractivity contribution in [1.82, 2.24) is 49.8 Å².